The van der Waals surface area contributed by atoms with Gasteiger partial charge >= 0.3 is 0 Å². The Bertz CT molecular complexity index is 642. The first-order valence-electron chi connectivity index (χ1n) is 5.99. The summed E-state index contributed by atoms with van der Waals surface area (Å²) in [6.07, 6.45) is 1.08. The summed E-state index contributed by atoms with van der Waals surface area (Å²) in [5, 5.41) is 19.5. The summed E-state index contributed by atoms with van der Waals surface area (Å²) >= 11 is 0. The van der Waals surface area contributed by atoms with Crippen molar-refractivity contribution in [2.45, 2.75) is 0 Å². The van der Waals surface area contributed by atoms with E-state index in [-0.39, 0.29) is 17.1 Å². The molecule has 0 unspecified atom stereocenters. The van der Waals surface area contributed by atoms with Gasteiger partial charge in [0.05, 0.1) is 12.7 Å². The van der Waals surface area contributed by atoms with E-state index in [1.54, 1.807) is 43.5 Å². The molecule has 4 heteroatoms. The van der Waals surface area contributed by atoms with Crippen molar-refractivity contribution in [1.29, 1.82) is 0 Å². The smallest absolute Gasteiger partial charge is 0.193 e. The minimum absolute atomic E-state index is 0.115. The van der Waals surface area contributed by atoms with Gasteiger partial charge in [0.1, 0.15) is 17.3 Å². The maximum Gasteiger partial charge on any atom is 0.193 e. The Morgan fingerprint density at radius 1 is 1.10 bits per heavy atom. The largest absolute Gasteiger partial charge is 0.507 e. The molecule has 0 aliphatic heterocycles. The van der Waals surface area contributed by atoms with Crippen LogP contribution in [0.5, 0.6) is 11.5 Å². The average molecular weight is 270 g/mol. The van der Waals surface area contributed by atoms with Crippen LogP contribution in [0.25, 0.3) is 5.76 Å². The van der Waals surface area contributed by atoms with Crippen LogP contribution in [0.2, 0.25) is 0 Å². The summed E-state index contributed by atoms with van der Waals surface area (Å²) < 4.78 is 5.01. The fraction of sp³-hybridized carbons (Fsp3) is 0.0625. The topological polar surface area (TPSA) is 66.8 Å². The number of aromatic hydroxyl groups is 1. The Balaban J connectivity index is 2.25. The van der Waals surface area contributed by atoms with Crippen LogP contribution in [0, 0.1) is 0 Å². The molecule has 4 nitrogen and oxygen atoms in total. The molecule has 0 bridgehead atoms. The molecule has 0 saturated carbocycles. The second kappa shape index (κ2) is 5.93. The fourth-order valence-electron chi connectivity index (χ4n) is 1.73. The van der Waals surface area contributed by atoms with Gasteiger partial charge in [0, 0.05) is 11.6 Å². The van der Waals surface area contributed by atoms with E-state index >= 15 is 0 Å². The number of rotatable bonds is 4. The van der Waals surface area contributed by atoms with Gasteiger partial charge in [-0.05, 0) is 36.4 Å². The highest BCUT2D eigenvalue weighted by atomic mass is 16.5. The minimum Gasteiger partial charge on any atom is -0.507 e. The Kier molecular flexibility index (Phi) is 4.05. The van der Waals surface area contributed by atoms with Crippen LogP contribution in [0.15, 0.2) is 54.6 Å². The molecule has 0 aromatic heterocycles. The van der Waals surface area contributed by atoms with Crippen molar-refractivity contribution in [2.75, 3.05) is 7.11 Å². The summed E-state index contributed by atoms with van der Waals surface area (Å²) in [6.45, 7) is 0. The molecule has 0 saturated heterocycles. The third-order valence-corrected chi connectivity index (χ3v) is 2.82. The molecular formula is C16H14O4. The van der Waals surface area contributed by atoms with Gasteiger partial charge < -0.3 is 14.9 Å². The molecule has 0 fully saturated rings. The second-order valence-electron chi connectivity index (χ2n) is 4.14. The maximum atomic E-state index is 12.0. The number of hydrogen-bond donors (Lipinski definition) is 2. The third kappa shape index (κ3) is 2.98. The highest BCUT2D eigenvalue weighted by molar-refractivity contribution is 6.09. The average Bonchev–Trinajstić information content (AvgIpc) is 2.47. The van der Waals surface area contributed by atoms with Gasteiger partial charge in [-0.25, -0.2) is 0 Å². The predicted octanol–water partition coefficient (Wildman–Crippen LogP) is 3.18. The van der Waals surface area contributed by atoms with Crippen LogP contribution in [-0.2, 0) is 0 Å². The van der Waals surface area contributed by atoms with Crippen molar-refractivity contribution in [3.05, 3.63) is 65.7 Å². The van der Waals surface area contributed by atoms with Gasteiger partial charge in [0.15, 0.2) is 5.78 Å². The first-order valence-corrected chi connectivity index (χ1v) is 5.99. The van der Waals surface area contributed by atoms with Gasteiger partial charge in [-0.3, -0.25) is 4.79 Å². The molecular weight excluding hydrogens is 256 g/mol. The number of aliphatic hydroxyl groups excluding tert-OH is 1. The molecule has 20 heavy (non-hydrogen) atoms. The highest BCUT2D eigenvalue weighted by Crippen LogP contribution is 2.20. The van der Waals surface area contributed by atoms with E-state index in [9.17, 15) is 15.0 Å². The lowest BCUT2D eigenvalue weighted by Gasteiger charge is -2.03. The van der Waals surface area contributed by atoms with Crippen LogP contribution in [0.4, 0.5) is 0 Å². The molecule has 2 aromatic carbocycles. The number of carbonyl (C=O) groups is 1. The van der Waals surface area contributed by atoms with E-state index in [0.717, 1.165) is 6.08 Å². The lowest BCUT2D eigenvalue weighted by molar-refractivity contribution is 0.104. The third-order valence-electron chi connectivity index (χ3n) is 2.82. The van der Waals surface area contributed by atoms with Crippen molar-refractivity contribution >= 4 is 11.5 Å². The normalized spacial score (nSPS) is 11.2. The van der Waals surface area contributed by atoms with E-state index in [2.05, 4.69) is 0 Å². The van der Waals surface area contributed by atoms with Crippen molar-refractivity contribution in [1.82, 2.24) is 0 Å². The Labute approximate surface area is 116 Å². The molecule has 102 valence electrons. The number of ketones is 1. The van der Waals surface area contributed by atoms with E-state index in [1.165, 1.54) is 12.1 Å². The second-order valence-corrected chi connectivity index (χ2v) is 4.14. The van der Waals surface area contributed by atoms with Gasteiger partial charge in [0.25, 0.3) is 0 Å². The van der Waals surface area contributed by atoms with E-state index in [4.69, 9.17) is 4.74 Å². The van der Waals surface area contributed by atoms with Crippen LogP contribution in [-0.4, -0.2) is 23.1 Å². The molecule has 0 aliphatic rings. The summed E-state index contributed by atoms with van der Waals surface area (Å²) in [7, 11) is 1.55. The van der Waals surface area contributed by atoms with E-state index < -0.39 is 5.78 Å². The zero-order chi connectivity index (χ0) is 14.5. The lowest BCUT2D eigenvalue weighted by atomic mass is 10.1. The number of carbonyl (C=O) groups excluding carboxylic acids is 1. The van der Waals surface area contributed by atoms with Crippen molar-refractivity contribution < 1.29 is 19.7 Å². The zero-order valence-corrected chi connectivity index (χ0v) is 10.9. The molecule has 0 amide bonds. The lowest BCUT2D eigenvalue weighted by Crippen LogP contribution is -1.97. The summed E-state index contributed by atoms with van der Waals surface area (Å²) in [6, 6.07) is 12.8. The van der Waals surface area contributed by atoms with Gasteiger partial charge in [0.2, 0.25) is 0 Å². The van der Waals surface area contributed by atoms with E-state index in [1.807, 2.05) is 0 Å². The quantitative estimate of drug-likeness (QED) is 0.508. The molecule has 2 rings (SSSR count). The number of phenolic OH excluding ortho intramolecular Hbond substituents is 1. The SMILES string of the molecule is COc1ccc(/C(O)=C/C(=O)c2ccccc2O)cc1. The number of hydrogen-bond acceptors (Lipinski definition) is 4. The van der Waals surface area contributed by atoms with Crippen molar-refractivity contribution in [3.8, 4) is 11.5 Å². The molecule has 0 spiro atoms. The van der Waals surface area contributed by atoms with Crippen molar-refractivity contribution in [3.63, 3.8) is 0 Å². The molecule has 2 aromatic rings. The molecule has 0 heterocycles. The number of benzene rings is 2. The van der Waals surface area contributed by atoms with Gasteiger partial charge in [-0.1, -0.05) is 12.1 Å². The number of aliphatic hydroxyl groups is 1. The minimum atomic E-state index is -0.462. The number of allylic oxidation sites excluding steroid dienone is 1. The highest BCUT2D eigenvalue weighted by Gasteiger charge is 2.10. The first kappa shape index (κ1) is 13.7. The fourth-order valence-corrected chi connectivity index (χ4v) is 1.73. The molecule has 0 aliphatic carbocycles. The van der Waals surface area contributed by atoms with Gasteiger partial charge in [-0.15, -0.1) is 0 Å². The van der Waals surface area contributed by atoms with Crippen LogP contribution in [0.1, 0.15) is 15.9 Å². The first-order chi connectivity index (χ1) is 9.61. The predicted molar refractivity (Wildman–Crippen MR) is 76.0 cm³/mol. The number of para-hydroxylation sites is 1. The monoisotopic (exact) mass is 270 g/mol. The Morgan fingerprint density at radius 2 is 1.75 bits per heavy atom. The summed E-state index contributed by atoms with van der Waals surface area (Å²) in [4.78, 5) is 12.0. The Hall–Kier alpha value is -2.75. The Morgan fingerprint density at radius 3 is 2.35 bits per heavy atom. The zero-order valence-electron chi connectivity index (χ0n) is 10.9. The number of phenols is 1. The van der Waals surface area contributed by atoms with Crippen LogP contribution in [0.3, 0.4) is 0 Å². The summed E-state index contributed by atoms with van der Waals surface area (Å²) in [5.41, 5.74) is 0.641. The summed E-state index contributed by atoms with van der Waals surface area (Å²) in [5.74, 6) is -0.0813. The van der Waals surface area contributed by atoms with Crippen LogP contribution < -0.4 is 4.74 Å². The van der Waals surface area contributed by atoms with Crippen molar-refractivity contribution in [2.24, 2.45) is 0 Å². The van der Waals surface area contributed by atoms with Gasteiger partial charge in [-0.2, -0.15) is 0 Å². The standard InChI is InChI=1S/C16H14O4/c1-20-12-8-6-11(7-9-12)15(18)10-16(19)13-4-2-3-5-14(13)17/h2-10,17-18H,1H3/b15-10-. The van der Waals surface area contributed by atoms with E-state index in [0.29, 0.717) is 11.3 Å². The molecule has 0 radical (unpaired) electrons. The maximum absolute atomic E-state index is 12.0. The molecule has 2 N–H and O–H groups in total. The molecule has 0 atom stereocenters. The van der Waals surface area contributed by atoms with Crippen LogP contribution >= 0.6 is 0 Å². The number of ether oxygens (including phenoxy) is 1. The number of methoxy groups -OCH3 is 1.